The number of carboxylic acid groups (broad SMARTS) is 1. The van der Waals surface area contributed by atoms with Crippen LogP contribution in [0.4, 0.5) is 5.69 Å². The lowest BCUT2D eigenvalue weighted by molar-refractivity contribution is -0.137. The summed E-state index contributed by atoms with van der Waals surface area (Å²) >= 11 is 0. The van der Waals surface area contributed by atoms with Crippen molar-refractivity contribution in [2.45, 2.75) is 19.4 Å². The van der Waals surface area contributed by atoms with Crippen molar-refractivity contribution < 1.29 is 19.5 Å². The van der Waals surface area contributed by atoms with Gasteiger partial charge in [-0.2, -0.15) is 0 Å². The molecule has 1 unspecified atom stereocenters. The molecule has 37 heavy (non-hydrogen) atoms. The molecule has 0 aliphatic carbocycles. The number of hydrogen-bond donors (Lipinski definition) is 2. The van der Waals surface area contributed by atoms with E-state index in [1.54, 1.807) is 6.20 Å². The molecule has 1 heterocycles. The average Bonchev–Trinajstić information content (AvgIpc) is 2.94. The predicted octanol–water partition coefficient (Wildman–Crippen LogP) is 5.68. The zero-order chi connectivity index (χ0) is 25.9. The first-order valence-electron chi connectivity index (χ1n) is 12.0. The maximum absolute atomic E-state index is 11.7. The Kier molecular flexibility index (Phi) is 8.86. The van der Waals surface area contributed by atoms with Crippen molar-refractivity contribution in [1.82, 2.24) is 4.98 Å². The summed E-state index contributed by atoms with van der Waals surface area (Å²) in [5, 5.41) is 16.8. The number of nitrogens with one attached hydrogen (secondary N) is 1. The van der Waals surface area contributed by atoms with Gasteiger partial charge in [0.15, 0.2) is 6.61 Å². The van der Waals surface area contributed by atoms with Crippen molar-refractivity contribution in [3.63, 3.8) is 0 Å². The van der Waals surface area contributed by atoms with Gasteiger partial charge in [-0.05, 0) is 54.4 Å². The van der Waals surface area contributed by atoms with Gasteiger partial charge < -0.3 is 20.0 Å². The topological polar surface area (TPSA) is 93.0 Å². The number of anilines is 1. The molecule has 188 valence electrons. The summed E-state index contributed by atoms with van der Waals surface area (Å²) in [6.45, 7) is 2.53. The number of nitrogens with zero attached hydrogens (tertiary/aromatic N) is 2. The van der Waals surface area contributed by atoms with E-state index < -0.39 is 12.0 Å². The molecular weight excluding hydrogens is 466 g/mol. The van der Waals surface area contributed by atoms with Gasteiger partial charge in [0.25, 0.3) is 0 Å². The SMILES string of the molecule is CC(=NOCCOc1ccc(CC(Nc2ccccc2)C(=O)O)cc1)c1ccc(-c2ccccn2)cc1. The number of hydrogen-bond acceptors (Lipinski definition) is 6. The molecule has 0 saturated heterocycles. The van der Waals surface area contributed by atoms with Gasteiger partial charge in [-0.15, -0.1) is 0 Å². The van der Waals surface area contributed by atoms with E-state index in [0.717, 1.165) is 33.8 Å². The molecule has 0 aliphatic heterocycles. The van der Waals surface area contributed by atoms with Crippen LogP contribution in [0.25, 0.3) is 11.3 Å². The second-order valence-electron chi connectivity index (χ2n) is 8.40. The minimum Gasteiger partial charge on any atom is -0.490 e. The van der Waals surface area contributed by atoms with Crippen LogP contribution in [0.2, 0.25) is 0 Å². The second-order valence-corrected chi connectivity index (χ2v) is 8.40. The number of carboxylic acids is 1. The van der Waals surface area contributed by atoms with Crippen molar-refractivity contribution in [2.24, 2.45) is 5.16 Å². The van der Waals surface area contributed by atoms with Gasteiger partial charge in [-0.3, -0.25) is 4.98 Å². The number of pyridine rings is 1. The Balaban J connectivity index is 1.21. The smallest absolute Gasteiger partial charge is 0.326 e. The quantitative estimate of drug-likeness (QED) is 0.149. The molecule has 7 nitrogen and oxygen atoms in total. The number of rotatable bonds is 12. The summed E-state index contributed by atoms with van der Waals surface area (Å²) in [6, 6.07) is 29.8. The minimum atomic E-state index is -0.902. The van der Waals surface area contributed by atoms with Crippen molar-refractivity contribution in [3.8, 4) is 17.0 Å². The molecule has 1 atom stereocenters. The lowest BCUT2D eigenvalue weighted by Gasteiger charge is -2.16. The van der Waals surface area contributed by atoms with Crippen LogP contribution < -0.4 is 10.1 Å². The van der Waals surface area contributed by atoms with E-state index in [1.807, 2.05) is 104 Å². The fourth-order valence-corrected chi connectivity index (χ4v) is 3.70. The van der Waals surface area contributed by atoms with E-state index in [4.69, 9.17) is 9.57 Å². The van der Waals surface area contributed by atoms with Crippen molar-refractivity contribution in [1.29, 1.82) is 0 Å². The van der Waals surface area contributed by atoms with Crippen molar-refractivity contribution in [3.05, 3.63) is 114 Å². The summed E-state index contributed by atoms with van der Waals surface area (Å²) in [4.78, 5) is 21.5. The maximum Gasteiger partial charge on any atom is 0.326 e. The number of carbonyl (C=O) groups is 1. The third-order valence-electron chi connectivity index (χ3n) is 5.68. The van der Waals surface area contributed by atoms with Gasteiger partial charge in [-0.1, -0.05) is 65.8 Å². The third kappa shape index (κ3) is 7.67. The van der Waals surface area contributed by atoms with Gasteiger partial charge in [0, 0.05) is 23.9 Å². The van der Waals surface area contributed by atoms with Crippen LogP contribution in [0.5, 0.6) is 5.75 Å². The summed E-state index contributed by atoms with van der Waals surface area (Å²) in [6.07, 6.45) is 2.13. The van der Waals surface area contributed by atoms with Gasteiger partial charge in [0.05, 0.1) is 11.4 Å². The molecule has 1 aromatic heterocycles. The number of ether oxygens (including phenoxy) is 1. The molecular formula is C30H29N3O4. The number of para-hydroxylation sites is 1. The Labute approximate surface area is 216 Å². The minimum absolute atomic E-state index is 0.299. The van der Waals surface area contributed by atoms with E-state index in [2.05, 4.69) is 15.5 Å². The predicted molar refractivity (Wildman–Crippen MR) is 145 cm³/mol. The largest absolute Gasteiger partial charge is 0.490 e. The van der Waals surface area contributed by atoms with E-state index in [-0.39, 0.29) is 0 Å². The van der Waals surface area contributed by atoms with Crippen LogP contribution in [0.1, 0.15) is 18.1 Å². The van der Waals surface area contributed by atoms with Crippen LogP contribution >= 0.6 is 0 Å². The number of benzene rings is 3. The lowest BCUT2D eigenvalue weighted by Crippen LogP contribution is -2.31. The summed E-state index contributed by atoms with van der Waals surface area (Å²) < 4.78 is 5.73. The van der Waals surface area contributed by atoms with Crippen LogP contribution in [0.15, 0.2) is 108 Å². The van der Waals surface area contributed by atoms with Gasteiger partial charge in [0.1, 0.15) is 18.4 Å². The molecule has 4 rings (SSSR count). The lowest BCUT2D eigenvalue weighted by atomic mass is 10.1. The number of aliphatic carboxylic acids is 1. The van der Waals surface area contributed by atoms with Gasteiger partial charge in [0.2, 0.25) is 0 Å². The van der Waals surface area contributed by atoms with E-state index >= 15 is 0 Å². The fraction of sp³-hybridized carbons (Fsp3) is 0.167. The van der Waals surface area contributed by atoms with Crippen LogP contribution in [-0.4, -0.2) is 41.0 Å². The Morgan fingerprint density at radius 3 is 2.32 bits per heavy atom. The number of oxime groups is 1. The molecule has 3 aromatic carbocycles. The first kappa shape index (κ1) is 25.4. The molecule has 0 radical (unpaired) electrons. The first-order chi connectivity index (χ1) is 18.1. The van der Waals surface area contributed by atoms with E-state index in [9.17, 15) is 9.90 Å². The third-order valence-corrected chi connectivity index (χ3v) is 5.68. The summed E-state index contributed by atoms with van der Waals surface area (Å²) in [5.74, 6) is -0.220. The highest BCUT2D eigenvalue weighted by atomic mass is 16.6. The summed E-state index contributed by atoms with van der Waals surface area (Å²) in [7, 11) is 0. The van der Waals surface area contributed by atoms with Gasteiger partial charge in [-0.25, -0.2) is 4.79 Å². The Hall–Kier alpha value is -4.65. The number of aromatic nitrogens is 1. The highest BCUT2D eigenvalue weighted by molar-refractivity contribution is 5.98. The molecule has 2 N–H and O–H groups in total. The molecule has 0 fully saturated rings. The van der Waals surface area contributed by atoms with Crippen molar-refractivity contribution in [2.75, 3.05) is 18.5 Å². The summed E-state index contributed by atoms with van der Waals surface area (Å²) in [5.41, 5.74) is 5.38. The fourth-order valence-electron chi connectivity index (χ4n) is 3.70. The molecule has 7 heteroatoms. The molecule has 0 bridgehead atoms. The standard InChI is InChI=1S/C30H29N3O4/c1-22(24-12-14-25(15-13-24)28-9-5-6-18-31-28)33-37-20-19-36-27-16-10-23(11-17-27)21-29(30(34)35)32-26-7-3-2-4-8-26/h2-18,29,32H,19-21H2,1H3,(H,34,35). The first-order valence-corrected chi connectivity index (χ1v) is 12.0. The molecule has 0 aliphatic rings. The van der Waals surface area contributed by atoms with Crippen molar-refractivity contribution >= 4 is 17.4 Å². The second kappa shape index (κ2) is 12.9. The van der Waals surface area contributed by atoms with Crippen LogP contribution in [0.3, 0.4) is 0 Å². The molecule has 0 spiro atoms. The average molecular weight is 496 g/mol. The van der Waals surface area contributed by atoms with E-state index in [0.29, 0.717) is 25.4 Å². The highest BCUT2D eigenvalue weighted by Crippen LogP contribution is 2.18. The zero-order valence-electron chi connectivity index (χ0n) is 20.6. The highest BCUT2D eigenvalue weighted by Gasteiger charge is 2.17. The monoisotopic (exact) mass is 495 g/mol. The van der Waals surface area contributed by atoms with E-state index in [1.165, 1.54) is 0 Å². The Morgan fingerprint density at radius 2 is 1.65 bits per heavy atom. The Bertz CT molecular complexity index is 1290. The Morgan fingerprint density at radius 1 is 0.919 bits per heavy atom. The van der Waals surface area contributed by atoms with Crippen LogP contribution in [0, 0.1) is 0 Å². The molecule has 0 saturated carbocycles. The maximum atomic E-state index is 11.7. The zero-order valence-corrected chi connectivity index (χ0v) is 20.6. The van der Waals surface area contributed by atoms with Gasteiger partial charge >= 0.3 is 5.97 Å². The molecule has 0 amide bonds. The normalized spacial score (nSPS) is 12.0. The molecule has 4 aromatic rings. The van der Waals surface area contributed by atoms with Crippen LogP contribution in [-0.2, 0) is 16.1 Å².